The molecule has 78 valence electrons. The van der Waals surface area contributed by atoms with Crippen LogP contribution in [0.3, 0.4) is 0 Å². The number of rotatable bonds is 4. The zero-order valence-electron chi connectivity index (χ0n) is 8.21. The largest absolute Gasteiger partial charge is 0.357 e. The van der Waals surface area contributed by atoms with Crippen molar-refractivity contribution < 1.29 is 4.79 Å². The Bertz CT molecular complexity index is 448. The first-order chi connectivity index (χ1) is 7.25. The molecule has 0 aliphatic heterocycles. The van der Waals surface area contributed by atoms with Crippen molar-refractivity contribution in [2.45, 2.75) is 4.34 Å². The maximum Gasteiger partial charge on any atom is 0.174 e. The van der Waals surface area contributed by atoms with E-state index in [1.54, 1.807) is 17.5 Å². The molecule has 0 aromatic carbocycles. The minimum Gasteiger partial charge on any atom is -0.357 e. The summed E-state index contributed by atoms with van der Waals surface area (Å²) in [5, 5.41) is 1.91. The molecule has 2 aromatic rings. The molecule has 0 aliphatic carbocycles. The lowest BCUT2D eigenvalue weighted by molar-refractivity contribution is 0.102. The van der Waals surface area contributed by atoms with Crippen LogP contribution in [0.1, 0.15) is 10.4 Å². The fraction of sp³-hybridized carbons (Fsp3) is 0.200. The highest BCUT2D eigenvalue weighted by Gasteiger charge is 2.08. The molecule has 0 radical (unpaired) electrons. The van der Waals surface area contributed by atoms with Crippen LogP contribution in [0.5, 0.6) is 0 Å². The van der Waals surface area contributed by atoms with Gasteiger partial charge in [0.2, 0.25) is 0 Å². The first kappa shape index (κ1) is 10.4. The van der Waals surface area contributed by atoms with Crippen molar-refractivity contribution in [2.75, 3.05) is 5.75 Å². The van der Waals surface area contributed by atoms with Crippen LogP contribution in [0.2, 0.25) is 0 Å². The van der Waals surface area contributed by atoms with Gasteiger partial charge in [0.05, 0.1) is 5.75 Å². The van der Waals surface area contributed by atoms with Crippen molar-refractivity contribution in [2.24, 2.45) is 7.05 Å². The first-order valence-corrected chi connectivity index (χ1v) is 6.29. The third kappa shape index (κ3) is 2.70. The summed E-state index contributed by atoms with van der Waals surface area (Å²) in [5.74, 6) is 0.605. The van der Waals surface area contributed by atoms with E-state index < -0.39 is 0 Å². The Balaban J connectivity index is 1.93. The second-order valence-electron chi connectivity index (χ2n) is 3.08. The summed E-state index contributed by atoms with van der Waals surface area (Å²) in [6.45, 7) is 0. The van der Waals surface area contributed by atoms with Gasteiger partial charge in [-0.3, -0.25) is 4.79 Å². The first-order valence-electron chi connectivity index (χ1n) is 4.43. The quantitative estimate of drug-likeness (QED) is 0.606. The van der Waals surface area contributed by atoms with Crippen LogP contribution in [0, 0.1) is 0 Å². The summed E-state index contributed by atoms with van der Waals surface area (Å²) in [4.78, 5) is 15.8. The molecule has 5 heteroatoms. The lowest BCUT2D eigenvalue weighted by Gasteiger charge is -1.95. The predicted molar refractivity (Wildman–Crippen MR) is 62.6 cm³/mol. The van der Waals surface area contributed by atoms with Crippen LogP contribution in [-0.4, -0.2) is 21.1 Å². The number of hydrogen-bond acceptors (Lipinski definition) is 4. The molecule has 0 saturated heterocycles. The van der Waals surface area contributed by atoms with E-state index in [9.17, 15) is 4.79 Å². The van der Waals surface area contributed by atoms with E-state index in [0.717, 1.165) is 9.90 Å². The van der Waals surface area contributed by atoms with Crippen LogP contribution in [0.15, 0.2) is 34.4 Å². The molecule has 2 rings (SSSR count). The fourth-order valence-electron chi connectivity index (χ4n) is 1.16. The normalized spacial score (nSPS) is 10.5. The topological polar surface area (TPSA) is 34.9 Å². The summed E-state index contributed by atoms with van der Waals surface area (Å²) in [5.41, 5.74) is 0.765. The summed E-state index contributed by atoms with van der Waals surface area (Å²) in [7, 11) is 1.91. The number of thiazole rings is 1. The molecule has 0 spiro atoms. The molecule has 0 bridgehead atoms. The summed E-state index contributed by atoms with van der Waals surface area (Å²) < 4.78 is 2.82. The highest BCUT2D eigenvalue weighted by molar-refractivity contribution is 8.01. The van der Waals surface area contributed by atoms with Gasteiger partial charge in [-0.1, -0.05) is 11.8 Å². The number of nitrogens with zero attached hydrogens (tertiary/aromatic N) is 2. The van der Waals surface area contributed by atoms with Crippen LogP contribution >= 0.6 is 23.1 Å². The van der Waals surface area contributed by atoms with Crippen LogP contribution < -0.4 is 0 Å². The van der Waals surface area contributed by atoms with Crippen LogP contribution in [-0.2, 0) is 7.05 Å². The molecule has 0 aliphatic rings. The number of carbonyl (C=O) groups excluding carboxylic acids is 1. The summed E-state index contributed by atoms with van der Waals surface area (Å²) in [6.07, 6.45) is 5.46. The Labute approximate surface area is 96.1 Å². The van der Waals surface area contributed by atoms with E-state index in [2.05, 4.69) is 4.98 Å². The molecule has 0 atom stereocenters. The minimum absolute atomic E-state index is 0.149. The second-order valence-corrected chi connectivity index (χ2v) is 5.19. The monoisotopic (exact) mass is 238 g/mol. The number of Topliss-reactive ketones (excluding diaryl/α,β-unsaturated/α-hetero) is 1. The molecule has 2 heterocycles. The Kier molecular flexibility index (Phi) is 3.23. The lowest BCUT2D eigenvalue weighted by atomic mass is 10.2. The molecule has 3 nitrogen and oxygen atoms in total. The van der Waals surface area contributed by atoms with Gasteiger partial charge in [-0.05, 0) is 6.07 Å². The maximum absolute atomic E-state index is 11.7. The van der Waals surface area contributed by atoms with Gasteiger partial charge >= 0.3 is 0 Å². The van der Waals surface area contributed by atoms with Crippen molar-refractivity contribution in [1.82, 2.24) is 9.55 Å². The Morgan fingerprint density at radius 1 is 1.67 bits per heavy atom. The van der Waals surface area contributed by atoms with Crippen molar-refractivity contribution in [3.8, 4) is 0 Å². The van der Waals surface area contributed by atoms with Gasteiger partial charge in [0.1, 0.15) is 4.34 Å². The standard InChI is InChI=1S/C10H10N2OS2/c1-12-4-2-8(6-12)9(13)7-15-10-11-3-5-14-10/h2-6H,7H2,1H3. The Morgan fingerprint density at radius 2 is 2.53 bits per heavy atom. The average Bonchev–Trinajstić information content (AvgIpc) is 2.84. The van der Waals surface area contributed by atoms with Crippen molar-refractivity contribution in [3.63, 3.8) is 0 Å². The van der Waals surface area contributed by atoms with E-state index in [1.807, 2.05) is 35.5 Å². The number of aryl methyl sites for hydroxylation is 1. The van der Waals surface area contributed by atoms with Gasteiger partial charge in [-0.15, -0.1) is 11.3 Å². The van der Waals surface area contributed by atoms with Gasteiger partial charge in [0.25, 0.3) is 0 Å². The van der Waals surface area contributed by atoms with Gasteiger partial charge in [0, 0.05) is 36.6 Å². The Morgan fingerprint density at radius 3 is 3.13 bits per heavy atom. The molecular weight excluding hydrogens is 228 g/mol. The molecule has 0 saturated carbocycles. The smallest absolute Gasteiger partial charge is 0.174 e. The second kappa shape index (κ2) is 4.63. The SMILES string of the molecule is Cn1ccc(C(=O)CSc2nccs2)c1. The average molecular weight is 238 g/mol. The van der Waals surface area contributed by atoms with E-state index in [1.165, 1.54) is 11.8 Å². The summed E-state index contributed by atoms with van der Waals surface area (Å²) in [6, 6.07) is 1.84. The third-order valence-corrected chi connectivity index (χ3v) is 3.86. The molecule has 0 fully saturated rings. The highest BCUT2D eigenvalue weighted by atomic mass is 32.2. The van der Waals surface area contributed by atoms with Gasteiger partial charge < -0.3 is 4.57 Å². The zero-order chi connectivity index (χ0) is 10.7. The van der Waals surface area contributed by atoms with E-state index >= 15 is 0 Å². The number of carbonyl (C=O) groups is 1. The number of aromatic nitrogens is 2. The number of thioether (sulfide) groups is 1. The fourth-order valence-corrected chi connectivity index (χ4v) is 2.69. The third-order valence-electron chi connectivity index (χ3n) is 1.89. The van der Waals surface area contributed by atoms with Gasteiger partial charge in [0.15, 0.2) is 5.78 Å². The predicted octanol–water partition coefficient (Wildman–Crippen LogP) is 2.46. The molecular formula is C10H10N2OS2. The van der Waals surface area contributed by atoms with Crippen molar-refractivity contribution in [3.05, 3.63) is 35.6 Å². The van der Waals surface area contributed by atoms with Crippen LogP contribution in [0.25, 0.3) is 0 Å². The highest BCUT2D eigenvalue weighted by Crippen LogP contribution is 2.21. The molecule has 2 aromatic heterocycles. The van der Waals surface area contributed by atoms with E-state index in [-0.39, 0.29) is 5.78 Å². The minimum atomic E-state index is 0.149. The van der Waals surface area contributed by atoms with Gasteiger partial charge in [-0.25, -0.2) is 4.98 Å². The number of ketones is 1. The maximum atomic E-state index is 11.7. The molecule has 0 unspecified atom stereocenters. The number of hydrogen-bond donors (Lipinski definition) is 0. The summed E-state index contributed by atoms with van der Waals surface area (Å²) >= 11 is 3.05. The van der Waals surface area contributed by atoms with Crippen molar-refractivity contribution >= 4 is 28.9 Å². The molecule has 0 amide bonds. The Hall–Kier alpha value is -1.07. The van der Waals surface area contributed by atoms with Crippen LogP contribution in [0.4, 0.5) is 0 Å². The molecule has 15 heavy (non-hydrogen) atoms. The van der Waals surface area contributed by atoms with E-state index in [4.69, 9.17) is 0 Å². The van der Waals surface area contributed by atoms with Crippen molar-refractivity contribution in [1.29, 1.82) is 0 Å². The van der Waals surface area contributed by atoms with E-state index in [0.29, 0.717) is 5.75 Å². The zero-order valence-corrected chi connectivity index (χ0v) is 9.85. The molecule has 0 N–H and O–H groups in total. The van der Waals surface area contributed by atoms with Gasteiger partial charge in [-0.2, -0.15) is 0 Å². The lowest BCUT2D eigenvalue weighted by Crippen LogP contribution is -2.00.